The molecule has 0 bridgehead atoms. The van der Waals surface area contributed by atoms with E-state index in [-0.39, 0.29) is 12.7 Å². The van der Waals surface area contributed by atoms with E-state index in [4.69, 9.17) is 11.5 Å². The number of halogens is 1. The lowest BCUT2D eigenvalue weighted by Gasteiger charge is -2.04. The van der Waals surface area contributed by atoms with E-state index in [1.54, 1.807) is 0 Å². The van der Waals surface area contributed by atoms with Gasteiger partial charge in [0, 0.05) is 6.04 Å². The van der Waals surface area contributed by atoms with Gasteiger partial charge in [0.25, 0.3) is 0 Å². The predicted octanol–water partition coefficient (Wildman–Crippen LogP) is 0.0221. The first-order valence-corrected chi connectivity index (χ1v) is 2.83. The van der Waals surface area contributed by atoms with Crippen molar-refractivity contribution in [3.63, 3.8) is 0 Å². The van der Waals surface area contributed by atoms with Crippen molar-refractivity contribution in [1.29, 1.82) is 0 Å². The van der Waals surface area contributed by atoms with E-state index in [9.17, 15) is 4.39 Å². The molecule has 4 N–H and O–H groups in total. The summed E-state index contributed by atoms with van der Waals surface area (Å²) in [5.41, 5.74) is 10.5. The number of nitrogens with two attached hydrogens (primary N) is 2. The van der Waals surface area contributed by atoms with Gasteiger partial charge >= 0.3 is 0 Å². The molecule has 0 aliphatic carbocycles. The van der Waals surface area contributed by atoms with Gasteiger partial charge in [0.05, 0.1) is 6.67 Å². The van der Waals surface area contributed by atoms with Crippen LogP contribution in [0, 0.1) is 0 Å². The lowest BCUT2D eigenvalue weighted by molar-refractivity contribution is 0.428. The highest BCUT2D eigenvalue weighted by Crippen LogP contribution is 1.91. The zero-order chi connectivity index (χ0) is 6.41. The van der Waals surface area contributed by atoms with Crippen molar-refractivity contribution in [2.75, 3.05) is 13.2 Å². The molecule has 0 saturated carbocycles. The minimum atomic E-state index is -0.332. The van der Waals surface area contributed by atoms with Gasteiger partial charge in [-0.1, -0.05) is 0 Å². The van der Waals surface area contributed by atoms with E-state index in [0.29, 0.717) is 13.0 Å². The van der Waals surface area contributed by atoms with Gasteiger partial charge in [0.15, 0.2) is 0 Å². The van der Waals surface area contributed by atoms with Crippen molar-refractivity contribution in [3.8, 4) is 0 Å². The third kappa shape index (κ3) is 4.02. The third-order valence-electron chi connectivity index (χ3n) is 1.02. The van der Waals surface area contributed by atoms with E-state index in [0.717, 1.165) is 6.42 Å². The normalized spacial score (nSPS) is 13.9. The largest absolute Gasteiger partial charge is 0.330 e. The quantitative estimate of drug-likeness (QED) is 0.549. The van der Waals surface area contributed by atoms with E-state index >= 15 is 0 Å². The lowest BCUT2D eigenvalue weighted by Crippen LogP contribution is -2.23. The number of hydrogen-bond donors (Lipinski definition) is 2. The standard InChI is InChI=1S/C5H13FN2/c6-3-1-5(8)2-4-7/h5H,1-4,7-8H2/t5-/m1/s1. The topological polar surface area (TPSA) is 52.0 Å². The van der Waals surface area contributed by atoms with Gasteiger partial charge < -0.3 is 11.5 Å². The van der Waals surface area contributed by atoms with Crippen molar-refractivity contribution < 1.29 is 4.39 Å². The number of alkyl halides is 1. The molecular formula is C5H13FN2. The minimum Gasteiger partial charge on any atom is -0.330 e. The first-order valence-electron chi connectivity index (χ1n) is 2.83. The molecular weight excluding hydrogens is 107 g/mol. The molecule has 0 heterocycles. The molecule has 0 aromatic heterocycles. The maximum atomic E-state index is 11.4. The Morgan fingerprint density at radius 3 is 2.38 bits per heavy atom. The van der Waals surface area contributed by atoms with Crippen LogP contribution in [-0.2, 0) is 0 Å². The van der Waals surface area contributed by atoms with Crippen LogP contribution in [0.4, 0.5) is 4.39 Å². The summed E-state index contributed by atoms with van der Waals surface area (Å²) in [5, 5.41) is 0. The van der Waals surface area contributed by atoms with Gasteiger partial charge in [-0.15, -0.1) is 0 Å². The summed E-state index contributed by atoms with van der Waals surface area (Å²) >= 11 is 0. The molecule has 1 atom stereocenters. The molecule has 3 heteroatoms. The molecule has 0 unspecified atom stereocenters. The fourth-order valence-electron chi connectivity index (χ4n) is 0.499. The van der Waals surface area contributed by atoms with Crippen molar-refractivity contribution >= 4 is 0 Å². The Morgan fingerprint density at radius 1 is 1.38 bits per heavy atom. The summed E-state index contributed by atoms with van der Waals surface area (Å²) in [5.74, 6) is 0. The molecule has 0 amide bonds. The van der Waals surface area contributed by atoms with Gasteiger partial charge in [0.2, 0.25) is 0 Å². The molecule has 0 aromatic carbocycles. The summed E-state index contributed by atoms with van der Waals surface area (Å²) in [6, 6.07) is -0.0370. The molecule has 0 rings (SSSR count). The summed E-state index contributed by atoms with van der Waals surface area (Å²) in [6.45, 7) is 0.225. The first kappa shape index (κ1) is 7.85. The second kappa shape index (κ2) is 5.00. The fraction of sp³-hybridized carbons (Fsp3) is 1.00. The Kier molecular flexibility index (Phi) is 4.90. The van der Waals surface area contributed by atoms with E-state index in [1.165, 1.54) is 0 Å². The minimum absolute atomic E-state index is 0.0370. The van der Waals surface area contributed by atoms with Crippen molar-refractivity contribution in [2.45, 2.75) is 18.9 Å². The van der Waals surface area contributed by atoms with Crippen LogP contribution in [0.2, 0.25) is 0 Å². The van der Waals surface area contributed by atoms with E-state index in [2.05, 4.69) is 0 Å². The summed E-state index contributed by atoms with van der Waals surface area (Å²) in [4.78, 5) is 0. The van der Waals surface area contributed by atoms with Crippen LogP contribution in [0.1, 0.15) is 12.8 Å². The second-order valence-corrected chi connectivity index (χ2v) is 1.82. The molecule has 8 heavy (non-hydrogen) atoms. The van der Waals surface area contributed by atoms with E-state index in [1.807, 2.05) is 0 Å². The third-order valence-corrected chi connectivity index (χ3v) is 1.02. The fourth-order valence-corrected chi connectivity index (χ4v) is 0.499. The van der Waals surface area contributed by atoms with Gasteiger partial charge in [0.1, 0.15) is 0 Å². The Hall–Kier alpha value is -0.150. The zero-order valence-corrected chi connectivity index (χ0v) is 4.94. The Bertz CT molecular complexity index is 43.7. The van der Waals surface area contributed by atoms with Crippen LogP contribution in [0.15, 0.2) is 0 Å². The Labute approximate surface area is 49.0 Å². The van der Waals surface area contributed by atoms with Crippen LogP contribution in [0.5, 0.6) is 0 Å². The average Bonchev–Trinajstić information content (AvgIpc) is 1.68. The van der Waals surface area contributed by atoms with Gasteiger partial charge in [-0.05, 0) is 19.4 Å². The van der Waals surface area contributed by atoms with Crippen LogP contribution >= 0.6 is 0 Å². The van der Waals surface area contributed by atoms with Gasteiger partial charge in [-0.2, -0.15) is 0 Å². The SMILES string of the molecule is NCC[C@H](N)CCF. The summed E-state index contributed by atoms with van der Waals surface area (Å²) in [7, 11) is 0. The number of hydrogen-bond acceptors (Lipinski definition) is 2. The molecule has 50 valence electrons. The highest BCUT2D eigenvalue weighted by atomic mass is 19.1. The van der Waals surface area contributed by atoms with Crippen LogP contribution < -0.4 is 11.5 Å². The van der Waals surface area contributed by atoms with Crippen molar-refractivity contribution in [1.82, 2.24) is 0 Å². The van der Waals surface area contributed by atoms with Crippen LogP contribution in [0.25, 0.3) is 0 Å². The van der Waals surface area contributed by atoms with Gasteiger partial charge in [-0.3, -0.25) is 4.39 Å². The van der Waals surface area contributed by atoms with E-state index < -0.39 is 0 Å². The zero-order valence-electron chi connectivity index (χ0n) is 4.94. The second-order valence-electron chi connectivity index (χ2n) is 1.82. The lowest BCUT2D eigenvalue weighted by atomic mass is 10.2. The molecule has 0 fully saturated rings. The monoisotopic (exact) mass is 120 g/mol. The Morgan fingerprint density at radius 2 is 2.00 bits per heavy atom. The maximum absolute atomic E-state index is 11.4. The molecule has 0 aromatic rings. The van der Waals surface area contributed by atoms with Gasteiger partial charge in [-0.25, -0.2) is 0 Å². The molecule has 0 aliphatic rings. The number of rotatable bonds is 4. The van der Waals surface area contributed by atoms with Crippen molar-refractivity contribution in [2.24, 2.45) is 11.5 Å². The average molecular weight is 120 g/mol. The van der Waals surface area contributed by atoms with Crippen LogP contribution in [-0.4, -0.2) is 19.3 Å². The highest BCUT2D eigenvalue weighted by molar-refractivity contribution is 4.59. The predicted molar refractivity (Wildman–Crippen MR) is 32.2 cm³/mol. The van der Waals surface area contributed by atoms with Crippen LogP contribution in [0.3, 0.4) is 0 Å². The smallest absolute Gasteiger partial charge is 0.0909 e. The first-order chi connectivity index (χ1) is 3.81. The molecule has 0 spiro atoms. The summed E-state index contributed by atoms with van der Waals surface area (Å²) < 4.78 is 11.4. The molecule has 2 nitrogen and oxygen atoms in total. The molecule has 0 saturated heterocycles. The molecule has 0 aliphatic heterocycles. The highest BCUT2D eigenvalue weighted by Gasteiger charge is 1.97. The maximum Gasteiger partial charge on any atom is 0.0909 e. The molecule has 0 radical (unpaired) electrons. The Balaban J connectivity index is 2.92. The van der Waals surface area contributed by atoms with Crippen molar-refractivity contribution in [3.05, 3.63) is 0 Å². The summed E-state index contributed by atoms with van der Waals surface area (Å²) in [6.07, 6.45) is 1.17.